The van der Waals surface area contributed by atoms with Gasteiger partial charge in [-0.05, 0) is 0 Å². The number of amides is 2. The third-order valence-electron chi connectivity index (χ3n) is 2.58. The minimum Gasteiger partial charge on any atom is -0.476 e. The van der Waals surface area contributed by atoms with E-state index in [9.17, 15) is 22.8 Å². The number of halogens is 3. The van der Waals surface area contributed by atoms with Crippen LogP contribution in [0, 0.1) is 0 Å². The summed E-state index contributed by atoms with van der Waals surface area (Å²) in [7, 11) is 1.26. The number of aromatic carboxylic acids is 1. The van der Waals surface area contributed by atoms with Crippen LogP contribution in [0.1, 0.15) is 16.9 Å². The second kappa shape index (κ2) is 6.95. The van der Waals surface area contributed by atoms with Crippen LogP contribution in [-0.2, 0) is 6.54 Å². The lowest BCUT2D eigenvalue weighted by atomic mass is 10.4. The van der Waals surface area contributed by atoms with Crippen LogP contribution in [0.3, 0.4) is 0 Å². The molecule has 0 unspecified atom stereocenters. The molecule has 10 heteroatoms. The smallest absolute Gasteiger partial charge is 0.390 e. The zero-order valence-corrected chi connectivity index (χ0v) is 11.2. The van der Waals surface area contributed by atoms with Gasteiger partial charge in [0.15, 0.2) is 5.69 Å². The largest absolute Gasteiger partial charge is 0.476 e. The van der Waals surface area contributed by atoms with Crippen LogP contribution in [0.2, 0.25) is 0 Å². The molecule has 0 spiro atoms. The van der Waals surface area contributed by atoms with Gasteiger partial charge in [0.05, 0.1) is 12.7 Å². The maximum atomic E-state index is 12.0. The number of aromatic nitrogens is 2. The van der Waals surface area contributed by atoms with Gasteiger partial charge in [-0.3, -0.25) is 0 Å². The molecule has 21 heavy (non-hydrogen) atoms. The van der Waals surface area contributed by atoms with Gasteiger partial charge >= 0.3 is 18.2 Å². The summed E-state index contributed by atoms with van der Waals surface area (Å²) in [5, 5.41) is 11.1. The fourth-order valence-electron chi connectivity index (χ4n) is 1.42. The van der Waals surface area contributed by atoms with Gasteiger partial charge in [0.25, 0.3) is 0 Å². The average molecular weight is 308 g/mol. The van der Waals surface area contributed by atoms with E-state index in [1.54, 1.807) is 0 Å². The van der Waals surface area contributed by atoms with Crippen LogP contribution in [-0.4, -0.2) is 57.9 Å². The highest BCUT2D eigenvalue weighted by Gasteiger charge is 2.27. The highest BCUT2D eigenvalue weighted by atomic mass is 19.4. The first-order valence-corrected chi connectivity index (χ1v) is 6.00. The van der Waals surface area contributed by atoms with Gasteiger partial charge in [0.1, 0.15) is 0 Å². The maximum Gasteiger partial charge on any atom is 0.390 e. The molecule has 0 bridgehead atoms. The third kappa shape index (κ3) is 6.15. The number of hydrogen-bond donors (Lipinski definition) is 2. The molecular weight excluding hydrogens is 293 g/mol. The Hall–Kier alpha value is -2.26. The summed E-state index contributed by atoms with van der Waals surface area (Å²) >= 11 is 0. The first-order valence-electron chi connectivity index (χ1n) is 6.00. The minimum atomic E-state index is -4.31. The Morgan fingerprint density at radius 3 is 2.67 bits per heavy atom. The van der Waals surface area contributed by atoms with E-state index in [0.717, 1.165) is 4.90 Å². The molecule has 2 N–H and O–H groups in total. The molecule has 0 aromatic carbocycles. The van der Waals surface area contributed by atoms with Gasteiger partial charge < -0.3 is 19.9 Å². The Kier molecular flexibility index (Phi) is 5.56. The Bertz CT molecular complexity index is 501. The van der Waals surface area contributed by atoms with Crippen molar-refractivity contribution in [1.29, 1.82) is 0 Å². The summed E-state index contributed by atoms with van der Waals surface area (Å²) in [4.78, 5) is 26.6. The normalized spacial score (nSPS) is 11.2. The van der Waals surface area contributed by atoms with Crippen LogP contribution in [0.5, 0.6) is 0 Å². The molecule has 0 saturated heterocycles. The summed E-state index contributed by atoms with van der Waals surface area (Å²) < 4.78 is 37.5. The summed E-state index contributed by atoms with van der Waals surface area (Å²) in [6.45, 7) is -0.0205. The van der Waals surface area contributed by atoms with Crippen molar-refractivity contribution >= 4 is 12.0 Å². The first-order chi connectivity index (χ1) is 9.69. The molecule has 0 aliphatic carbocycles. The summed E-state index contributed by atoms with van der Waals surface area (Å²) in [5.74, 6) is -1.16. The fraction of sp³-hybridized carbons (Fsp3) is 0.545. The second-order valence-electron chi connectivity index (χ2n) is 4.32. The predicted molar refractivity (Wildman–Crippen MR) is 65.9 cm³/mol. The van der Waals surface area contributed by atoms with E-state index in [1.807, 2.05) is 0 Å². The second-order valence-corrected chi connectivity index (χ2v) is 4.32. The Morgan fingerprint density at radius 2 is 2.14 bits per heavy atom. The van der Waals surface area contributed by atoms with E-state index >= 15 is 0 Å². The van der Waals surface area contributed by atoms with Gasteiger partial charge in [0.2, 0.25) is 0 Å². The highest BCUT2D eigenvalue weighted by molar-refractivity contribution is 5.84. The van der Waals surface area contributed by atoms with Gasteiger partial charge in [0, 0.05) is 32.9 Å². The number of imidazole rings is 1. The lowest BCUT2D eigenvalue weighted by Crippen LogP contribution is -2.40. The van der Waals surface area contributed by atoms with Crippen molar-refractivity contribution < 1.29 is 27.9 Å². The molecule has 7 nitrogen and oxygen atoms in total. The van der Waals surface area contributed by atoms with Crippen molar-refractivity contribution in [2.24, 2.45) is 0 Å². The van der Waals surface area contributed by atoms with E-state index in [2.05, 4.69) is 10.3 Å². The number of urea groups is 1. The van der Waals surface area contributed by atoms with Crippen LogP contribution in [0.4, 0.5) is 18.0 Å². The van der Waals surface area contributed by atoms with E-state index in [4.69, 9.17) is 5.11 Å². The van der Waals surface area contributed by atoms with Gasteiger partial charge in [-0.25, -0.2) is 14.6 Å². The standard InChI is InChI=1S/C11H15F3N4O3/c1-17(4-2-11(12,13)14)10(21)15-3-5-18-6-8(9(19)20)16-7-18/h6-7H,2-5H2,1H3,(H,15,21)(H,19,20). The van der Waals surface area contributed by atoms with E-state index in [0.29, 0.717) is 0 Å². The molecule has 0 fully saturated rings. The van der Waals surface area contributed by atoms with Crippen molar-refractivity contribution in [3.63, 3.8) is 0 Å². The number of rotatable bonds is 6. The molecule has 2 amide bonds. The molecule has 118 valence electrons. The average Bonchev–Trinajstić information content (AvgIpc) is 2.83. The van der Waals surface area contributed by atoms with E-state index in [-0.39, 0.29) is 18.8 Å². The first kappa shape index (κ1) is 16.8. The monoisotopic (exact) mass is 308 g/mol. The number of nitrogens with zero attached hydrogens (tertiary/aromatic N) is 3. The lowest BCUT2D eigenvalue weighted by Gasteiger charge is -2.18. The van der Waals surface area contributed by atoms with Crippen molar-refractivity contribution in [2.75, 3.05) is 20.1 Å². The van der Waals surface area contributed by atoms with Crippen molar-refractivity contribution in [2.45, 2.75) is 19.1 Å². The maximum absolute atomic E-state index is 12.0. The van der Waals surface area contributed by atoms with Crippen molar-refractivity contribution in [1.82, 2.24) is 19.8 Å². The molecule has 0 aliphatic heterocycles. The molecule has 0 aliphatic rings. The molecule has 1 aromatic heterocycles. The topological polar surface area (TPSA) is 87.5 Å². The lowest BCUT2D eigenvalue weighted by molar-refractivity contribution is -0.136. The third-order valence-corrected chi connectivity index (χ3v) is 2.58. The number of carboxylic acids is 1. The Morgan fingerprint density at radius 1 is 1.48 bits per heavy atom. The van der Waals surface area contributed by atoms with Crippen LogP contribution < -0.4 is 5.32 Å². The highest BCUT2D eigenvalue weighted by Crippen LogP contribution is 2.19. The molecule has 1 aromatic rings. The number of nitrogens with one attached hydrogen (secondary N) is 1. The van der Waals surface area contributed by atoms with Crippen molar-refractivity contribution in [3.05, 3.63) is 18.2 Å². The summed E-state index contributed by atoms with van der Waals surface area (Å²) in [6, 6.07) is -0.627. The predicted octanol–water partition coefficient (Wildman–Crippen LogP) is 1.18. The molecule has 1 heterocycles. The van der Waals surface area contributed by atoms with Crippen LogP contribution in [0.25, 0.3) is 0 Å². The molecule has 0 radical (unpaired) electrons. The number of carboxylic acid groups (broad SMARTS) is 1. The summed E-state index contributed by atoms with van der Waals surface area (Å²) in [5.41, 5.74) is -0.122. The fourth-order valence-corrected chi connectivity index (χ4v) is 1.42. The summed E-state index contributed by atoms with van der Waals surface area (Å²) in [6.07, 6.45) is -2.79. The van der Waals surface area contributed by atoms with Gasteiger partial charge in [-0.15, -0.1) is 0 Å². The number of carbonyl (C=O) groups excluding carboxylic acids is 1. The molecule has 0 saturated carbocycles. The van der Waals surface area contributed by atoms with Crippen LogP contribution in [0.15, 0.2) is 12.5 Å². The van der Waals surface area contributed by atoms with E-state index < -0.39 is 31.1 Å². The zero-order chi connectivity index (χ0) is 16.0. The zero-order valence-electron chi connectivity index (χ0n) is 11.2. The molecular formula is C11H15F3N4O3. The molecule has 1 rings (SSSR count). The van der Waals surface area contributed by atoms with Gasteiger partial charge in [-0.2, -0.15) is 13.2 Å². The van der Waals surface area contributed by atoms with Gasteiger partial charge in [-0.1, -0.05) is 0 Å². The van der Waals surface area contributed by atoms with E-state index in [1.165, 1.54) is 24.1 Å². The van der Waals surface area contributed by atoms with Crippen molar-refractivity contribution in [3.8, 4) is 0 Å². The Labute approximate surface area is 118 Å². The van der Waals surface area contributed by atoms with Crippen LogP contribution >= 0.6 is 0 Å². The SMILES string of the molecule is CN(CCC(F)(F)F)C(=O)NCCn1cnc(C(=O)O)c1. The molecule has 0 atom stereocenters. The number of alkyl halides is 3. The number of hydrogen-bond acceptors (Lipinski definition) is 3. The number of carbonyl (C=O) groups is 2. The Balaban J connectivity index is 2.30. The minimum absolute atomic E-state index is 0.122. The quantitative estimate of drug-likeness (QED) is 0.826.